The fourth-order valence-electron chi connectivity index (χ4n) is 2.06. The number of carbonyl (C=O) groups is 2. The highest BCUT2D eigenvalue weighted by Crippen LogP contribution is 2.37. The first-order chi connectivity index (χ1) is 12.2. The van der Waals surface area contributed by atoms with Crippen molar-refractivity contribution in [2.75, 3.05) is 5.32 Å². The standard InChI is InChI=1S/C18H17F3N2O2S/c1-12-2-4-13(5-3-12)11-22-16(24)10-17(25)23-14-6-8-15(9-7-14)26-18(19,20)21/h2-9H,10-11H2,1H3,(H,22,24)(H,23,25). The largest absolute Gasteiger partial charge is 0.446 e. The number of alkyl halides is 3. The van der Waals surface area contributed by atoms with Gasteiger partial charge >= 0.3 is 5.51 Å². The molecule has 4 nitrogen and oxygen atoms in total. The maximum atomic E-state index is 12.3. The normalized spacial score (nSPS) is 11.1. The van der Waals surface area contributed by atoms with Crippen molar-refractivity contribution in [1.29, 1.82) is 0 Å². The minimum atomic E-state index is -4.36. The quantitative estimate of drug-likeness (QED) is 0.580. The van der Waals surface area contributed by atoms with Crippen LogP contribution in [0.5, 0.6) is 0 Å². The topological polar surface area (TPSA) is 58.2 Å². The Morgan fingerprint density at radius 3 is 2.15 bits per heavy atom. The molecular formula is C18H17F3N2O2S. The van der Waals surface area contributed by atoms with E-state index in [-0.39, 0.29) is 23.1 Å². The van der Waals surface area contributed by atoms with E-state index in [2.05, 4.69) is 10.6 Å². The predicted octanol–water partition coefficient (Wildman–Crippen LogP) is 4.25. The van der Waals surface area contributed by atoms with E-state index in [1.807, 2.05) is 31.2 Å². The van der Waals surface area contributed by atoms with E-state index in [0.29, 0.717) is 12.2 Å². The van der Waals surface area contributed by atoms with E-state index in [9.17, 15) is 22.8 Å². The zero-order chi connectivity index (χ0) is 19.2. The highest BCUT2D eigenvalue weighted by molar-refractivity contribution is 8.00. The maximum absolute atomic E-state index is 12.3. The first kappa shape index (κ1) is 19.8. The summed E-state index contributed by atoms with van der Waals surface area (Å²) in [6, 6.07) is 12.8. The number of nitrogens with one attached hydrogen (secondary N) is 2. The molecule has 2 aromatic rings. The van der Waals surface area contributed by atoms with Gasteiger partial charge in [0.05, 0.1) is 0 Å². The monoisotopic (exact) mass is 382 g/mol. The molecule has 0 fully saturated rings. The summed E-state index contributed by atoms with van der Waals surface area (Å²) in [6.07, 6.45) is -0.370. The number of carbonyl (C=O) groups excluding carboxylic acids is 2. The Morgan fingerprint density at radius 2 is 1.58 bits per heavy atom. The molecule has 2 amide bonds. The Labute approximate surface area is 153 Å². The van der Waals surface area contributed by atoms with Crippen LogP contribution in [0.15, 0.2) is 53.4 Å². The molecule has 2 N–H and O–H groups in total. The molecule has 138 valence electrons. The van der Waals surface area contributed by atoms with Crippen molar-refractivity contribution in [3.8, 4) is 0 Å². The van der Waals surface area contributed by atoms with Crippen LogP contribution in [0, 0.1) is 6.92 Å². The summed E-state index contributed by atoms with van der Waals surface area (Å²) >= 11 is -0.233. The van der Waals surface area contributed by atoms with Crippen LogP contribution < -0.4 is 10.6 Å². The van der Waals surface area contributed by atoms with Crippen LogP contribution >= 0.6 is 11.8 Å². The van der Waals surface area contributed by atoms with E-state index < -0.39 is 17.3 Å². The van der Waals surface area contributed by atoms with Crippen molar-refractivity contribution in [1.82, 2.24) is 5.32 Å². The number of hydrogen-bond acceptors (Lipinski definition) is 3. The van der Waals surface area contributed by atoms with Crippen LogP contribution in [0.2, 0.25) is 0 Å². The van der Waals surface area contributed by atoms with Crippen LogP contribution in [-0.4, -0.2) is 17.3 Å². The number of rotatable bonds is 6. The molecule has 0 aliphatic rings. The van der Waals surface area contributed by atoms with Gasteiger partial charge in [-0.1, -0.05) is 29.8 Å². The molecule has 0 heterocycles. The summed E-state index contributed by atoms with van der Waals surface area (Å²) in [5.74, 6) is -0.977. The Hall–Kier alpha value is -2.48. The molecule has 0 aliphatic heterocycles. The van der Waals surface area contributed by atoms with Gasteiger partial charge < -0.3 is 10.6 Å². The third-order valence-electron chi connectivity index (χ3n) is 3.30. The van der Waals surface area contributed by atoms with Crippen LogP contribution in [-0.2, 0) is 16.1 Å². The summed E-state index contributed by atoms with van der Waals surface area (Å²) in [4.78, 5) is 23.6. The Bertz CT molecular complexity index is 760. The number of halogens is 3. The first-order valence-corrected chi connectivity index (χ1v) is 8.51. The number of aryl methyl sites for hydroxylation is 1. The molecule has 0 aliphatic carbocycles. The third-order valence-corrected chi connectivity index (χ3v) is 4.04. The molecule has 0 unspecified atom stereocenters. The smallest absolute Gasteiger partial charge is 0.352 e. The summed E-state index contributed by atoms with van der Waals surface area (Å²) in [6.45, 7) is 2.27. The molecule has 0 radical (unpaired) electrons. The fourth-order valence-corrected chi connectivity index (χ4v) is 2.60. The van der Waals surface area contributed by atoms with E-state index in [1.165, 1.54) is 24.3 Å². The predicted molar refractivity (Wildman–Crippen MR) is 94.6 cm³/mol. The number of anilines is 1. The molecule has 0 aromatic heterocycles. The number of hydrogen-bond donors (Lipinski definition) is 2. The highest BCUT2D eigenvalue weighted by atomic mass is 32.2. The molecule has 26 heavy (non-hydrogen) atoms. The van der Waals surface area contributed by atoms with Gasteiger partial charge in [0, 0.05) is 17.1 Å². The van der Waals surface area contributed by atoms with Crippen molar-refractivity contribution in [3.63, 3.8) is 0 Å². The average molecular weight is 382 g/mol. The van der Waals surface area contributed by atoms with E-state index >= 15 is 0 Å². The minimum Gasteiger partial charge on any atom is -0.352 e. The zero-order valence-corrected chi connectivity index (χ0v) is 14.7. The molecule has 0 saturated carbocycles. The molecular weight excluding hydrogens is 365 g/mol. The Balaban J connectivity index is 1.78. The molecule has 8 heteroatoms. The van der Waals surface area contributed by atoms with Gasteiger partial charge in [0.15, 0.2) is 0 Å². The summed E-state index contributed by atoms with van der Waals surface area (Å²) in [5, 5.41) is 5.12. The molecule has 2 aromatic carbocycles. The lowest BCUT2D eigenvalue weighted by molar-refractivity contribution is -0.126. The minimum absolute atomic E-state index is 0.0198. The van der Waals surface area contributed by atoms with E-state index in [1.54, 1.807) is 0 Å². The Kier molecular flexibility index (Phi) is 6.68. The van der Waals surface area contributed by atoms with E-state index in [4.69, 9.17) is 0 Å². The molecule has 2 rings (SSSR count). The van der Waals surface area contributed by atoms with Gasteiger partial charge in [0.1, 0.15) is 6.42 Å². The van der Waals surface area contributed by atoms with Crippen molar-refractivity contribution in [2.45, 2.75) is 30.3 Å². The van der Waals surface area contributed by atoms with E-state index in [0.717, 1.165) is 11.1 Å². The second-order valence-electron chi connectivity index (χ2n) is 5.56. The highest BCUT2D eigenvalue weighted by Gasteiger charge is 2.29. The van der Waals surface area contributed by atoms with Crippen molar-refractivity contribution < 1.29 is 22.8 Å². The number of benzene rings is 2. The second kappa shape index (κ2) is 8.75. The molecule has 0 bridgehead atoms. The molecule has 0 spiro atoms. The van der Waals surface area contributed by atoms with Crippen LogP contribution in [0.4, 0.5) is 18.9 Å². The first-order valence-electron chi connectivity index (χ1n) is 7.69. The Morgan fingerprint density at radius 1 is 0.962 bits per heavy atom. The summed E-state index contributed by atoms with van der Waals surface area (Å²) < 4.78 is 36.8. The van der Waals surface area contributed by atoms with Crippen LogP contribution in [0.25, 0.3) is 0 Å². The lowest BCUT2D eigenvalue weighted by Gasteiger charge is -2.08. The van der Waals surface area contributed by atoms with Gasteiger partial charge in [-0.25, -0.2) is 0 Å². The molecule has 0 atom stereocenters. The zero-order valence-electron chi connectivity index (χ0n) is 13.9. The van der Waals surface area contributed by atoms with Gasteiger partial charge in [-0.3, -0.25) is 9.59 Å². The van der Waals surface area contributed by atoms with Crippen LogP contribution in [0.3, 0.4) is 0 Å². The second-order valence-corrected chi connectivity index (χ2v) is 6.70. The van der Waals surface area contributed by atoms with Gasteiger partial charge in [-0.05, 0) is 48.5 Å². The van der Waals surface area contributed by atoms with Crippen LogP contribution in [0.1, 0.15) is 17.5 Å². The number of amides is 2. The summed E-state index contributed by atoms with van der Waals surface area (Å²) in [5.41, 5.74) is -2.01. The van der Waals surface area contributed by atoms with Gasteiger partial charge in [0.2, 0.25) is 11.8 Å². The maximum Gasteiger partial charge on any atom is 0.446 e. The SMILES string of the molecule is Cc1ccc(CNC(=O)CC(=O)Nc2ccc(SC(F)(F)F)cc2)cc1. The average Bonchev–Trinajstić information content (AvgIpc) is 2.55. The summed E-state index contributed by atoms with van der Waals surface area (Å²) in [7, 11) is 0. The lowest BCUT2D eigenvalue weighted by atomic mass is 10.1. The molecule has 0 saturated heterocycles. The van der Waals surface area contributed by atoms with Gasteiger partial charge in [-0.15, -0.1) is 0 Å². The van der Waals surface area contributed by atoms with Crippen molar-refractivity contribution in [2.24, 2.45) is 0 Å². The van der Waals surface area contributed by atoms with Crippen molar-refractivity contribution in [3.05, 3.63) is 59.7 Å². The van der Waals surface area contributed by atoms with Gasteiger partial charge in [0.25, 0.3) is 0 Å². The fraction of sp³-hybridized carbons (Fsp3) is 0.222. The number of thioether (sulfide) groups is 1. The lowest BCUT2D eigenvalue weighted by Crippen LogP contribution is -2.27. The third kappa shape index (κ3) is 7.18. The van der Waals surface area contributed by atoms with Gasteiger partial charge in [-0.2, -0.15) is 13.2 Å². The van der Waals surface area contributed by atoms with Crippen molar-refractivity contribution >= 4 is 29.3 Å².